The number of carbonyl (C=O) groups excluding carboxylic acids is 1. The van der Waals surface area contributed by atoms with Gasteiger partial charge in [0.25, 0.3) is 0 Å². The Morgan fingerprint density at radius 2 is 2.27 bits per heavy atom. The molecule has 0 aliphatic carbocycles. The molecule has 2 N–H and O–H groups in total. The van der Waals surface area contributed by atoms with Crippen molar-refractivity contribution >= 4 is 5.91 Å². The number of hydrogen-bond donors (Lipinski definition) is 2. The zero-order chi connectivity index (χ0) is 11.3. The monoisotopic (exact) mass is 214 g/mol. The Kier molecular flexibility index (Phi) is 4.54. The van der Waals surface area contributed by atoms with Gasteiger partial charge in [-0.2, -0.15) is 0 Å². The van der Waals surface area contributed by atoms with Gasteiger partial charge < -0.3 is 15.3 Å². The van der Waals surface area contributed by atoms with Crippen molar-refractivity contribution in [2.24, 2.45) is 0 Å². The molecule has 0 aromatic heterocycles. The fourth-order valence-electron chi connectivity index (χ4n) is 2.13. The molecular formula is C11H22N2O2. The Hall–Kier alpha value is -0.610. The second kappa shape index (κ2) is 5.47. The molecule has 0 aromatic carbocycles. The Morgan fingerprint density at radius 3 is 2.73 bits per heavy atom. The molecule has 1 saturated heterocycles. The predicted octanol–water partition coefficient (Wildman–Crippen LogP) is 0.359. The number of hydrogen-bond acceptors (Lipinski definition) is 3. The van der Waals surface area contributed by atoms with Gasteiger partial charge >= 0.3 is 0 Å². The van der Waals surface area contributed by atoms with Crippen LogP contribution in [0.15, 0.2) is 0 Å². The summed E-state index contributed by atoms with van der Waals surface area (Å²) in [5, 5.41) is 12.2. The van der Waals surface area contributed by atoms with E-state index in [9.17, 15) is 4.79 Å². The first-order chi connectivity index (χ1) is 7.14. The topological polar surface area (TPSA) is 52.6 Å². The van der Waals surface area contributed by atoms with Crippen LogP contribution >= 0.6 is 0 Å². The van der Waals surface area contributed by atoms with Crippen molar-refractivity contribution in [3.63, 3.8) is 0 Å². The molecule has 1 atom stereocenters. The quantitative estimate of drug-likeness (QED) is 0.695. The number of rotatable bonds is 5. The van der Waals surface area contributed by atoms with Crippen LogP contribution in [0.25, 0.3) is 0 Å². The van der Waals surface area contributed by atoms with Gasteiger partial charge in [-0.05, 0) is 32.7 Å². The van der Waals surface area contributed by atoms with Crippen LogP contribution in [0.4, 0.5) is 0 Å². The second-order valence-corrected chi connectivity index (χ2v) is 4.38. The zero-order valence-electron chi connectivity index (χ0n) is 9.75. The third-order valence-corrected chi connectivity index (χ3v) is 2.99. The van der Waals surface area contributed by atoms with Crippen LogP contribution in [0.3, 0.4) is 0 Å². The molecule has 1 fully saturated rings. The van der Waals surface area contributed by atoms with E-state index in [1.165, 1.54) is 0 Å². The summed E-state index contributed by atoms with van der Waals surface area (Å²) in [6.07, 6.45) is 2.89. The number of nitrogens with zero attached hydrogens (tertiary/aromatic N) is 1. The summed E-state index contributed by atoms with van der Waals surface area (Å²) in [6.45, 7) is 6.15. The number of carbonyl (C=O) groups is 1. The van der Waals surface area contributed by atoms with E-state index in [0.717, 1.165) is 32.4 Å². The van der Waals surface area contributed by atoms with E-state index in [1.807, 2.05) is 13.8 Å². The van der Waals surface area contributed by atoms with Gasteiger partial charge in [0.15, 0.2) is 0 Å². The number of aliphatic hydroxyl groups is 1. The molecule has 15 heavy (non-hydrogen) atoms. The Bertz CT molecular complexity index is 207. The molecule has 1 unspecified atom stereocenters. The van der Waals surface area contributed by atoms with E-state index in [2.05, 4.69) is 5.32 Å². The Morgan fingerprint density at radius 1 is 1.53 bits per heavy atom. The first-order valence-corrected chi connectivity index (χ1v) is 5.79. The van der Waals surface area contributed by atoms with Crippen molar-refractivity contribution < 1.29 is 9.90 Å². The summed E-state index contributed by atoms with van der Waals surface area (Å²) in [7, 11) is 0. The maximum absolute atomic E-state index is 12.2. The molecule has 0 aromatic rings. The van der Waals surface area contributed by atoms with Gasteiger partial charge in [-0.3, -0.25) is 4.79 Å². The lowest BCUT2D eigenvalue weighted by molar-refractivity contribution is -0.137. The normalized spacial score (nSPS) is 25.5. The minimum atomic E-state index is -0.398. The molecule has 0 saturated carbocycles. The molecule has 1 aliphatic heterocycles. The molecule has 0 radical (unpaired) electrons. The zero-order valence-corrected chi connectivity index (χ0v) is 9.75. The summed E-state index contributed by atoms with van der Waals surface area (Å²) in [5.41, 5.74) is -0.398. The third-order valence-electron chi connectivity index (χ3n) is 2.99. The highest BCUT2D eigenvalue weighted by atomic mass is 16.3. The van der Waals surface area contributed by atoms with Crippen LogP contribution in [-0.4, -0.2) is 47.7 Å². The highest BCUT2D eigenvalue weighted by Gasteiger charge is 2.38. The van der Waals surface area contributed by atoms with Crippen molar-refractivity contribution in [2.75, 3.05) is 26.2 Å². The Labute approximate surface area is 91.6 Å². The molecule has 1 amide bonds. The maximum atomic E-state index is 12.2. The van der Waals surface area contributed by atoms with Crippen molar-refractivity contribution in [3.8, 4) is 0 Å². The lowest BCUT2D eigenvalue weighted by atomic mass is 9.98. The summed E-state index contributed by atoms with van der Waals surface area (Å²) in [6, 6.07) is 0. The number of aliphatic hydroxyl groups excluding tert-OH is 1. The van der Waals surface area contributed by atoms with Crippen molar-refractivity contribution in [1.29, 1.82) is 0 Å². The van der Waals surface area contributed by atoms with Crippen molar-refractivity contribution in [2.45, 2.75) is 38.6 Å². The molecule has 0 spiro atoms. The highest BCUT2D eigenvalue weighted by Crippen LogP contribution is 2.21. The molecule has 4 nitrogen and oxygen atoms in total. The van der Waals surface area contributed by atoms with Crippen LogP contribution < -0.4 is 5.32 Å². The maximum Gasteiger partial charge on any atom is 0.242 e. The second-order valence-electron chi connectivity index (χ2n) is 4.38. The van der Waals surface area contributed by atoms with Crippen LogP contribution in [0.5, 0.6) is 0 Å². The van der Waals surface area contributed by atoms with E-state index in [4.69, 9.17) is 5.11 Å². The molecule has 1 heterocycles. The molecular weight excluding hydrogens is 192 g/mol. The van der Waals surface area contributed by atoms with Crippen molar-refractivity contribution in [3.05, 3.63) is 0 Å². The van der Waals surface area contributed by atoms with Crippen LogP contribution in [0.1, 0.15) is 33.1 Å². The van der Waals surface area contributed by atoms with Crippen molar-refractivity contribution in [1.82, 2.24) is 10.2 Å². The van der Waals surface area contributed by atoms with E-state index < -0.39 is 5.54 Å². The number of amides is 1. The van der Waals surface area contributed by atoms with Gasteiger partial charge in [0.05, 0.1) is 12.1 Å². The summed E-state index contributed by atoms with van der Waals surface area (Å²) in [5.74, 6) is 0.135. The smallest absolute Gasteiger partial charge is 0.242 e. The standard InChI is InChI=1S/C11H22N2O2/c1-3-7-13(8-9-14)10(15)11(2)5-4-6-12-11/h12,14H,3-9H2,1-2H3. The van der Waals surface area contributed by atoms with Crippen LogP contribution in [0, 0.1) is 0 Å². The first kappa shape index (κ1) is 12.5. The van der Waals surface area contributed by atoms with Gasteiger partial charge in [-0.25, -0.2) is 0 Å². The van der Waals surface area contributed by atoms with E-state index >= 15 is 0 Å². The lowest BCUT2D eigenvalue weighted by Crippen LogP contribution is -2.53. The first-order valence-electron chi connectivity index (χ1n) is 5.79. The third kappa shape index (κ3) is 2.92. The minimum absolute atomic E-state index is 0.0435. The molecule has 0 bridgehead atoms. The molecule has 1 rings (SSSR count). The Balaban J connectivity index is 2.61. The summed E-state index contributed by atoms with van der Waals surface area (Å²) in [4.78, 5) is 14.0. The van der Waals surface area contributed by atoms with Crippen LogP contribution in [0.2, 0.25) is 0 Å². The summed E-state index contributed by atoms with van der Waals surface area (Å²) < 4.78 is 0. The van der Waals surface area contributed by atoms with E-state index in [0.29, 0.717) is 6.54 Å². The fourth-order valence-corrected chi connectivity index (χ4v) is 2.13. The van der Waals surface area contributed by atoms with E-state index in [-0.39, 0.29) is 12.5 Å². The highest BCUT2D eigenvalue weighted by molar-refractivity contribution is 5.86. The van der Waals surface area contributed by atoms with Crippen LogP contribution in [-0.2, 0) is 4.79 Å². The fraction of sp³-hybridized carbons (Fsp3) is 0.909. The summed E-state index contributed by atoms with van der Waals surface area (Å²) >= 11 is 0. The van der Waals surface area contributed by atoms with E-state index in [1.54, 1.807) is 4.90 Å². The SMILES string of the molecule is CCCN(CCO)C(=O)C1(C)CCCN1. The minimum Gasteiger partial charge on any atom is -0.395 e. The van der Waals surface area contributed by atoms with Gasteiger partial charge in [-0.1, -0.05) is 6.92 Å². The lowest BCUT2D eigenvalue weighted by Gasteiger charge is -2.31. The van der Waals surface area contributed by atoms with Gasteiger partial charge in [0.1, 0.15) is 0 Å². The average molecular weight is 214 g/mol. The van der Waals surface area contributed by atoms with Gasteiger partial charge in [0, 0.05) is 13.1 Å². The average Bonchev–Trinajstić information content (AvgIpc) is 2.65. The molecule has 1 aliphatic rings. The largest absolute Gasteiger partial charge is 0.395 e. The molecule has 4 heteroatoms. The van der Waals surface area contributed by atoms with Gasteiger partial charge in [0.2, 0.25) is 5.91 Å². The predicted molar refractivity (Wildman–Crippen MR) is 59.6 cm³/mol. The number of nitrogens with one attached hydrogen (secondary N) is 1. The van der Waals surface area contributed by atoms with Gasteiger partial charge in [-0.15, -0.1) is 0 Å². The molecule has 88 valence electrons.